The van der Waals surface area contributed by atoms with E-state index < -0.39 is 0 Å². The maximum atomic E-state index is 14.0. The topological polar surface area (TPSA) is 42.9 Å². The van der Waals surface area contributed by atoms with Gasteiger partial charge in [-0.3, -0.25) is 4.99 Å². The molecule has 1 fully saturated rings. The molecule has 0 aromatic heterocycles. The standard InChI is InChI=1S/C19H32FN5.HI/c1-5-21-18(22-10-11-23-19(2,3)4)25-14-12-24(13-15-25)17-9-7-6-8-16(17)20;/h6-9,23H,5,10-15H2,1-4H3,(H,21,22);1H. The van der Waals surface area contributed by atoms with Crippen LogP contribution in [-0.4, -0.2) is 62.2 Å². The van der Waals surface area contributed by atoms with Crippen molar-refractivity contribution in [2.75, 3.05) is 50.7 Å². The second kappa shape index (κ2) is 10.9. The Bertz CT molecular complexity index is 565. The van der Waals surface area contributed by atoms with Gasteiger partial charge in [0.05, 0.1) is 12.2 Å². The van der Waals surface area contributed by atoms with Crippen LogP contribution in [0.4, 0.5) is 10.1 Å². The first-order valence-electron chi connectivity index (χ1n) is 9.18. The summed E-state index contributed by atoms with van der Waals surface area (Å²) in [4.78, 5) is 9.10. The number of anilines is 1. The maximum absolute atomic E-state index is 14.0. The van der Waals surface area contributed by atoms with Gasteiger partial charge in [0.15, 0.2) is 5.96 Å². The zero-order valence-corrected chi connectivity index (χ0v) is 18.7. The highest BCUT2D eigenvalue weighted by Gasteiger charge is 2.21. The molecule has 0 atom stereocenters. The Balaban J connectivity index is 0.00000338. The first-order chi connectivity index (χ1) is 11.9. The number of piperazine rings is 1. The molecule has 148 valence electrons. The lowest BCUT2D eigenvalue weighted by Gasteiger charge is -2.37. The number of hydrogen-bond donors (Lipinski definition) is 2. The van der Waals surface area contributed by atoms with Crippen LogP contribution in [0.25, 0.3) is 0 Å². The van der Waals surface area contributed by atoms with Gasteiger partial charge in [0.25, 0.3) is 0 Å². The van der Waals surface area contributed by atoms with Crippen molar-refractivity contribution < 1.29 is 4.39 Å². The summed E-state index contributed by atoms with van der Waals surface area (Å²) in [6.45, 7) is 14.3. The molecule has 1 aromatic rings. The fraction of sp³-hybridized carbons (Fsp3) is 0.632. The predicted molar refractivity (Wildman–Crippen MR) is 119 cm³/mol. The lowest BCUT2D eigenvalue weighted by Crippen LogP contribution is -2.53. The molecule has 1 heterocycles. The van der Waals surface area contributed by atoms with E-state index in [1.165, 1.54) is 6.07 Å². The summed E-state index contributed by atoms with van der Waals surface area (Å²) < 4.78 is 14.0. The van der Waals surface area contributed by atoms with E-state index in [-0.39, 0.29) is 35.3 Å². The Labute approximate surface area is 174 Å². The zero-order valence-electron chi connectivity index (χ0n) is 16.4. The van der Waals surface area contributed by atoms with Crippen molar-refractivity contribution in [2.24, 2.45) is 4.99 Å². The van der Waals surface area contributed by atoms with Gasteiger partial charge >= 0.3 is 0 Å². The molecule has 0 aliphatic carbocycles. The van der Waals surface area contributed by atoms with Gasteiger partial charge in [-0.15, -0.1) is 24.0 Å². The molecule has 2 N–H and O–H groups in total. The number of guanidine groups is 1. The molecule has 2 rings (SSSR count). The molecule has 5 nitrogen and oxygen atoms in total. The fourth-order valence-electron chi connectivity index (χ4n) is 2.89. The van der Waals surface area contributed by atoms with Crippen LogP contribution < -0.4 is 15.5 Å². The van der Waals surface area contributed by atoms with Crippen LogP contribution in [0.15, 0.2) is 29.3 Å². The summed E-state index contributed by atoms with van der Waals surface area (Å²) in [6.07, 6.45) is 0. The van der Waals surface area contributed by atoms with Crippen molar-refractivity contribution in [1.82, 2.24) is 15.5 Å². The van der Waals surface area contributed by atoms with Crippen molar-refractivity contribution in [2.45, 2.75) is 33.2 Å². The number of rotatable bonds is 5. The lowest BCUT2D eigenvalue weighted by molar-refractivity contribution is 0.369. The smallest absolute Gasteiger partial charge is 0.194 e. The third-order valence-corrected chi connectivity index (χ3v) is 4.14. The van der Waals surface area contributed by atoms with E-state index in [0.29, 0.717) is 5.69 Å². The average Bonchev–Trinajstić information content (AvgIpc) is 2.57. The van der Waals surface area contributed by atoms with Crippen molar-refractivity contribution in [1.29, 1.82) is 0 Å². The SMILES string of the molecule is CCNC(=NCCNC(C)(C)C)N1CCN(c2ccccc2F)CC1.I. The molecule has 0 saturated carbocycles. The van der Waals surface area contributed by atoms with Gasteiger partial charge < -0.3 is 20.4 Å². The Kier molecular flexibility index (Phi) is 9.63. The molecular weight excluding hydrogens is 444 g/mol. The highest BCUT2D eigenvalue weighted by Crippen LogP contribution is 2.20. The number of aliphatic imine (C=N–C) groups is 1. The summed E-state index contributed by atoms with van der Waals surface area (Å²) in [5, 5.41) is 6.83. The lowest BCUT2D eigenvalue weighted by atomic mass is 10.1. The number of halogens is 2. The average molecular weight is 477 g/mol. The number of nitrogens with one attached hydrogen (secondary N) is 2. The second-order valence-corrected chi connectivity index (χ2v) is 7.34. The van der Waals surface area contributed by atoms with E-state index in [9.17, 15) is 4.39 Å². The van der Waals surface area contributed by atoms with Gasteiger partial charge in [-0.2, -0.15) is 0 Å². The van der Waals surface area contributed by atoms with Crippen molar-refractivity contribution >= 4 is 35.6 Å². The third-order valence-electron chi connectivity index (χ3n) is 4.14. The molecule has 0 radical (unpaired) electrons. The monoisotopic (exact) mass is 477 g/mol. The summed E-state index contributed by atoms with van der Waals surface area (Å²) in [6, 6.07) is 6.99. The minimum atomic E-state index is -0.148. The number of nitrogens with zero attached hydrogens (tertiary/aromatic N) is 3. The minimum Gasteiger partial charge on any atom is -0.366 e. The molecule has 26 heavy (non-hydrogen) atoms. The van der Waals surface area contributed by atoms with E-state index in [1.54, 1.807) is 6.07 Å². The molecule has 1 aliphatic heterocycles. The van der Waals surface area contributed by atoms with Gasteiger partial charge in [-0.25, -0.2) is 4.39 Å². The largest absolute Gasteiger partial charge is 0.366 e. The highest BCUT2D eigenvalue weighted by atomic mass is 127. The van der Waals surface area contributed by atoms with Crippen LogP contribution >= 0.6 is 24.0 Å². The quantitative estimate of drug-likeness (QED) is 0.296. The van der Waals surface area contributed by atoms with Gasteiger partial charge in [-0.1, -0.05) is 12.1 Å². The molecule has 0 spiro atoms. The first kappa shape index (κ1) is 23.0. The molecule has 1 aliphatic rings. The third kappa shape index (κ3) is 7.26. The molecule has 0 unspecified atom stereocenters. The first-order valence-corrected chi connectivity index (χ1v) is 9.18. The van der Waals surface area contributed by atoms with Crippen LogP contribution in [0.2, 0.25) is 0 Å². The van der Waals surface area contributed by atoms with E-state index >= 15 is 0 Å². The van der Waals surface area contributed by atoms with Crippen LogP contribution in [-0.2, 0) is 0 Å². The fourth-order valence-corrected chi connectivity index (χ4v) is 2.89. The molecule has 1 aromatic carbocycles. The molecule has 0 bridgehead atoms. The highest BCUT2D eigenvalue weighted by molar-refractivity contribution is 14.0. The normalized spacial score (nSPS) is 15.7. The van der Waals surface area contributed by atoms with Gasteiger partial charge in [0.2, 0.25) is 0 Å². The van der Waals surface area contributed by atoms with Crippen LogP contribution in [0.1, 0.15) is 27.7 Å². The predicted octanol–water partition coefficient (Wildman–Crippen LogP) is 2.92. The van der Waals surface area contributed by atoms with Gasteiger partial charge in [0.1, 0.15) is 5.82 Å². The van der Waals surface area contributed by atoms with Crippen LogP contribution in [0, 0.1) is 5.82 Å². The maximum Gasteiger partial charge on any atom is 0.194 e. The summed E-state index contributed by atoms with van der Waals surface area (Å²) >= 11 is 0. The minimum absolute atomic E-state index is 0. The van der Waals surface area contributed by atoms with Crippen molar-refractivity contribution in [3.63, 3.8) is 0 Å². The Hall–Kier alpha value is -1.09. The van der Waals surface area contributed by atoms with Crippen molar-refractivity contribution in [3.8, 4) is 0 Å². The summed E-state index contributed by atoms with van der Waals surface area (Å²) in [5.41, 5.74) is 0.803. The van der Waals surface area contributed by atoms with E-state index in [4.69, 9.17) is 4.99 Å². The van der Waals surface area contributed by atoms with Crippen LogP contribution in [0.5, 0.6) is 0 Å². The summed E-state index contributed by atoms with van der Waals surface area (Å²) in [7, 11) is 0. The molecular formula is C19H33FIN5. The van der Waals surface area contributed by atoms with Crippen molar-refractivity contribution in [3.05, 3.63) is 30.1 Å². The van der Waals surface area contributed by atoms with E-state index in [0.717, 1.165) is 51.8 Å². The number of hydrogen-bond acceptors (Lipinski definition) is 3. The molecule has 0 amide bonds. The van der Waals surface area contributed by atoms with Gasteiger partial charge in [-0.05, 0) is 39.8 Å². The molecule has 1 saturated heterocycles. The molecule has 7 heteroatoms. The zero-order chi connectivity index (χ0) is 18.3. The number of para-hydroxylation sites is 1. The van der Waals surface area contributed by atoms with Crippen LogP contribution in [0.3, 0.4) is 0 Å². The summed E-state index contributed by atoms with van der Waals surface area (Å²) in [5.74, 6) is 0.802. The second-order valence-electron chi connectivity index (χ2n) is 7.34. The Morgan fingerprint density at radius 2 is 1.81 bits per heavy atom. The Morgan fingerprint density at radius 1 is 1.15 bits per heavy atom. The van der Waals surface area contributed by atoms with Gasteiger partial charge in [0, 0.05) is 44.8 Å². The van der Waals surface area contributed by atoms with E-state index in [1.807, 2.05) is 12.1 Å². The van der Waals surface area contributed by atoms with E-state index in [2.05, 4.69) is 48.1 Å². The number of benzene rings is 1. The Morgan fingerprint density at radius 3 is 2.38 bits per heavy atom.